The summed E-state index contributed by atoms with van der Waals surface area (Å²) < 4.78 is 0. The molecule has 1 saturated carbocycles. The summed E-state index contributed by atoms with van der Waals surface area (Å²) in [6, 6.07) is 1.69. The van der Waals surface area contributed by atoms with E-state index in [4.69, 9.17) is 0 Å². The molecule has 16 heavy (non-hydrogen) atoms. The molecule has 2 bridgehead atoms. The van der Waals surface area contributed by atoms with Crippen molar-refractivity contribution in [2.45, 2.75) is 71.0 Å². The molecule has 1 aliphatic carbocycles. The smallest absolute Gasteiger partial charge is 0.0101 e. The summed E-state index contributed by atoms with van der Waals surface area (Å²) in [4.78, 5) is 2.76. The van der Waals surface area contributed by atoms with E-state index in [9.17, 15) is 0 Å². The molecule has 0 aromatic heterocycles. The van der Waals surface area contributed by atoms with Crippen LogP contribution in [0.3, 0.4) is 0 Å². The number of nitrogens with zero attached hydrogens (tertiary/aromatic N) is 1. The number of hydrogen-bond acceptors (Lipinski definition) is 2. The van der Waals surface area contributed by atoms with Crippen LogP contribution in [-0.4, -0.2) is 35.6 Å². The molecule has 1 saturated heterocycles. The van der Waals surface area contributed by atoms with Gasteiger partial charge in [0.2, 0.25) is 0 Å². The van der Waals surface area contributed by atoms with Gasteiger partial charge in [-0.05, 0) is 65.8 Å². The second kappa shape index (κ2) is 4.66. The predicted octanol–water partition coefficient (Wildman–Crippen LogP) is 2.64. The maximum atomic E-state index is 3.59. The van der Waals surface area contributed by atoms with E-state index < -0.39 is 0 Å². The molecule has 1 heterocycles. The van der Waals surface area contributed by atoms with Gasteiger partial charge in [0, 0.05) is 24.2 Å². The van der Waals surface area contributed by atoms with Crippen LogP contribution in [-0.2, 0) is 0 Å². The summed E-state index contributed by atoms with van der Waals surface area (Å²) in [5.41, 5.74) is 0.268. The van der Waals surface area contributed by atoms with Gasteiger partial charge in [0.1, 0.15) is 0 Å². The Bertz CT molecular complexity index is 231. The summed E-state index contributed by atoms with van der Waals surface area (Å²) in [7, 11) is 0. The van der Waals surface area contributed by atoms with Gasteiger partial charge in [0.15, 0.2) is 0 Å². The van der Waals surface area contributed by atoms with Gasteiger partial charge in [-0.25, -0.2) is 0 Å². The molecule has 2 rings (SSSR count). The van der Waals surface area contributed by atoms with E-state index in [2.05, 4.69) is 37.9 Å². The highest BCUT2D eigenvalue weighted by atomic mass is 15.2. The third-order valence-electron chi connectivity index (χ3n) is 4.24. The second-order valence-electron chi connectivity index (χ2n) is 6.84. The lowest BCUT2D eigenvalue weighted by Crippen LogP contribution is -2.43. The average Bonchev–Trinajstić information content (AvgIpc) is 2.76. The first-order chi connectivity index (χ1) is 7.46. The minimum absolute atomic E-state index is 0.268. The third-order valence-corrected chi connectivity index (χ3v) is 4.24. The number of fused-ring (bicyclic) bond motifs is 2. The molecule has 0 aromatic rings. The summed E-state index contributed by atoms with van der Waals surface area (Å²) in [5, 5.41) is 3.59. The Morgan fingerprint density at radius 2 is 2.06 bits per heavy atom. The highest BCUT2D eigenvalue weighted by molar-refractivity contribution is 4.94. The number of hydrogen-bond donors (Lipinski definition) is 1. The lowest BCUT2D eigenvalue weighted by atomic mass is 10.1. The van der Waals surface area contributed by atoms with Crippen molar-refractivity contribution in [2.24, 2.45) is 5.92 Å². The van der Waals surface area contributed by atoms with Crippen molar-refractivity contribution in [3.05, 3.63) is 0 Å². The molecule has 1 aliphatic heterocycles. The van der Waals surface area contributed by atoms with E-state index in [1.165, 1.54) is 32.2 Å². The van der Waals surface area contributed by atoms with Crippen LogP contribution >= 0.6 is 0 Å². The normalized spacial score (nSPS) is 32.2. The largest absolute Gasteiger partial charge is 0.312 e. The zero-order valence-electron chi connectivity index (χ0n) is 11.4. The van der Waals surface area contributed by atoms with Crippen LogP contribution in [0, 0.1) is 5.92 Å². The Kier molecular flexibility index (Phi) is 3.60. The van der Waals surface area contributed by atoms with Crippen LogP contribution in [0.25, 0.3) is 0 Å². The van der Waals surface area contributed by atoms with Gasteiger partial charge in [-0.2, -0.15) is 0 Å². The lowest BCUT2D eigenvalue weighted by molar-refractivity contribution is 0.150. The van der Waals surface area contributed by atoms with Crippen molar-refractivity contribution in [3.63, 3.8) is 0 Å². The van der Waals surface area contributed by atoms with Crippen molar-refractivity contribution in [3.8, 4) is 0 Å². The van der Waals surface area contributed by atoms with Crippen LogP contribution < -0.4 is 5.32 Å². The molecule has 3 unspecified atom stereocenters. The molecule has 2 nitrogen and oxygen atoms in total. The van der Waals surface area contributed by atoms with Crippen molar-refractivity contribution < 1.29 is 0 Å². The quantitative estimate of drug-likeness (QED) is 0.790. The van der Waals surface area contributed by atoms with Gasteiger partial charge in [-0.15, -0.1) is 0 Å². The minimum atomic E-state index is 0.268. The number of rotatable bonds is 4. The zero-order valence-corrected chi connectivity index (χ0v) is 11.4. The van der Waals surface area contributed by atoms with Gasteiger partial charge in [-0.3, -0.25) is 4.90 Å². The molecule has 2 fully saturated rings. The van der Waals surface area contributed by atoms with Crippen LogP contribution in [0.2, 0.25) is 0 Å². The fourth-order valence-electron chi connectivity index (χ4n) is 3.32. The van der Waals surface area contributed by atoms with Gasteiger partial charge >= 0.3 is 0 Å². The predicted molar refractivity (Wildman–Crippen MR) is 69.7 cm³/mol. The third kappa shape index (κ3) is 2.98. The SMILES string of the molecule is CC(CCNC(C)(C)C)N1CC2CCC1C2. The summed E-state index contributed by atoms with van der Waals surface area (Å²) in [6.07, 6.45) is 5.73. The molecule has 0 aromatic carbocycles. The molecule has 0 amide bonds. The van der Waals surface area contributed by atoms with Crippen LogP contribution in [0.5, 0.6) is 0 Å². The Balaban J connectivity index is 1.70. The fraction of sp³-hybridized carbons (Fsp3) is 1.00. The maximum Gasteiger partial charge on any atom is 0.0101 e. The standard InChI is InChI=1S/C14H28N2/c1-11(7-8-15-14(2,3)4)16-10-12-5-6-13(16)9-12/h11-13,15H,5-10H2,1-4H3. The Labute approximate surface area is 101 Å². The van der Waals surface area contributed by atoms with Crippen LogP contribution in [0.1, 0.15) is 53.4 Å². The Hall–Kier alpha value is -0.0800. The minimum Gasteiger partial charge on any atom is -0.312 e. The van der Waals surface area contributed by atoms with E-state index in [0.717, 1.165) is 24.5 Å². The fourth-order valence-corrected chi connectivity index (χ4v) is 3.32. The van der Waals surface area contributed by atoms with Crippen molar-refractivity contribution in [1.82, 2.24) is 10.2 Å². The van der Waals surface area contributed by atoms with Crippen LogP contribution in [0.4, 0.5) is 0 Å². The molecule has 0 radical (unpaired) electrons. The average molecular weight is 224 g/mol. The van der Waals surface area contributed by atoms with E-state index in [0.29, 0.717) is 0 Å². The second-order valence-corrected chi connectivity index (χ2v) is 6.84. The van der Waals surface area contributed by atoms with E-state index in [-0.39, 0.29) is 5.54 Å². The van der Waals surface area contributed by atoms with E-state index >= 15 is 0 Å². The molecule has 94 valence electrons. The van der Waals surface area contributed by atoms with E-state index in [1.807, 2.05) is 0 Å². The highest BCUT2D eigenvalue weighted by Gasteiger charge is 2.39. The van der Waals surface area contributed by atoms with Crippen molar-refractivity contribution >= 4 is 0 Å². The Morgan fingerprint density at radius 1 is 1.31 bits per heavy atom. The summed E-state index contributed by atoms with van der Waals surface area (Å²) >= 11 is 0. The first kappa shape index (κ1) is 12.4. The molecule has 2 aliphatic rings. The molecule has 3 atom stereocenters. The molecule has 2 heteroatoms. The highest BCUT2D eigenvalue weighted by Crippen LogP contribution is 2.38. The van der Waals surface area contributed by atoms with Crippen molar-refractivity contribution in [1.29, 1.82) is 0 Å². The zero-order chi connectivity index (χ0) is 11.8. The Morgan fingerprint density at radius 3 is 2.56 bits per heavy atom. The first-order valence-corrected chi connectivity index (χ1v) is 6.96. The molecular formula is C14H28N2. The van der Waals surface area contributed by atoms with Gasteiger partial charge < -0.3 is 5.32 Å². The topological polar surface area (TPSA) is 15.3 Å². The van der Waals surface area contributed by atoms with Crippen LogP contribution in [0.15, 0.2) is 0 Å². The summed E-state index contributed by atoms with van der Waals surface area (Å²) in [5.74, 6) is 1.03. The number of nitrogens with one attached hydrogen (secondary N) is 1. The summed E-state index contributed by atoms with van der Waals surface area (Å²) in [6.45, 7) is 11.7. The monoisotopic (exact) mass is 224 g/mol. The molecule has 0 spiro atoms. The number of likely N-dealkylation sites (tertiary alicyclic amines) is 1. The van der Waals surface area contributed by atoms with E-state index in [1.54, 1.807) is 0 Å². The van der Waals surface area contributed by atoms with Gasteiger partial charge in [-0.1, -0.05) is 0 Å². The first-order valence-electron chi connectivity index (χ1n) is 6.96. The lowest BCUT2D eigenvalue weighted by Gasteiger charge is -2.33. The van der Waals surface area contributed by atoms with Gasteiger partial charge in [0.05, 0.1) is 0 Å². The number of piperidine rings is 1. The molecular weight excluding hydrogens is 196 g/mol. The van der Waals surface area contributed by atoms with Crippen molar-refractivity contribution in [2.75, 3.05) is 13.1 Å². The maximum absolute atomic E-state index is 3.59. The molecule has 1 N–H and O–H groups in total. The van der Waals surface area contributed by atoms with Gasteiger partial charge in [0.25, 0.3) is 0 Å².